The minimum absolute atomic E-state index is 0.379. The van der Waals surface area contributed by atoms with E-state index in [-0.39, 0.29) is 6.10 Å². The smallest absolute Gasteiger partial charge is 0.0698 e. The van der Waals surface area contributed by atoms with Gasteiger partial charge >= 0.3 is 0 Å². The minimum Gasteiger partial charge on any atom is -0.389 e. The van der Waals surface area contributed by atoms with Crippen LogP contribution >= 0.6 is 11.8 Å². The molecule has 1 N–H and O–H groups in total. The van der Waals surface area contributed by atoms with E-state index in [1.807, 2.05) is 13.0 Å². The molecule has 0 aliphatic rings. The third kappa shape index (κ3) is 3.20. The molecule has 0 fully saturated rings. The van der Waals surface area contributed by atoms with Crippen LogP contribution in [-0.2, 0) is 0 Å². The maximum absolute atomic E-state index is 9.20. The lowest BCUT2D eigenvalue weighted by Crippen LogP contribution is -1.94. The fourth-order valence-electron chi connectivity index (χ4n) is 1.31. The number of aliphatic hydroxyl groups is 1. The Labute approximate surface area is 89.8 Å². The lowest BCUT2D eigenvalue weighted by molar-refractivity contribution is 0.244. The number of aliphatic hydroxyl groups excluding tert-OH is 1. The van der Waals surface area contributed by atoms with E-state index in [2.05, 4.69) is 30.5 Å². The number of benzene rings is 1. The van der Waals surface area contributed by atoms with Gasteiger partial charge in [-0.15, -0.1) is 11.8 Å². The second kappa shape index (κ2) is 5.23. The van der Waals surface area contributed by atoms with Crippen LogP contribution in [0.15, 0.2) is 35.2 Å². The molecule has 1 atom stereocenters. The average Bonchev–Trinajstić information content (AvgIpc) is 2.17. The summed E-state index contributed by atoms with van der Waals surface area (Å²) < 4.78 is 0. The maximum atomic E-state index is 9.20. The summed E-state index contributed by atoms with van der Waals surface area (Å²) in [6, 6.07) is 8.36. The Morgan fingerprint density at radius 3 is 2.36 bits per heavy atom. The molecule has 1 nitrogen and oxygen atoms in total. The first kappa shape index (κ1) is 11.3. The van der Waals surface area contributed by atoms with Crippen LogP contribution in [0, 0.1) is 0 Å². The van der Waals surface area contributed by atoms with E-state index in [0.29, 0.717) is 0 Å². The van der Waals surface area contributed by atoms with E-state index in [0.717, 1.165) is 5.57 Å². The quantitative estimate of drug-likeness (QED) is 0.770. The highest BCUT2D eigenvalue weighted by atomic mass is 32.2. The lowest BCUT2D eigenvalue weighted by atomic mass is 10.1. The fraction of sp³-hybridized carbons (Fsp3) is 0.333. The highest BCUT2D eigenvalue weighted by Gasteiger charge is 1.97. The summed E-state index contributed by atoms with van der Waals surface area (Å²) >= 11 is 1.73. The van der Waals surface area contributed by atoms with Gasteiger partial charge in [-0.1, -0.05) is 18.2 Å². The molecular formula is C12H16OS. The van der Waals surface area contributed by atoms with Gasteiger partial charge in [-0.05, 0) is 43.4 Å². The first-order chi connectivity index (χ1) is 6.63. The van der Waals surface area contributed by atoms with E-state index in [1.165, 1.54) is 10.5 Å². The topological polar surface area (TPSA) is 20.2 Å². The average molecular weight is 208 g/mol. The molecule has 1 unspecified atom stereocenters. The van der Waals surface area contributed by atoms with Crippen molar-refractivity contribution in [3.63, 3.8) is 0 Å². The number of hydrogen-bond acceptors (Lipinski definition) is 2. The van der Waals surface area contributed by atoms with Gasteiger partial charge in [0.25, 0.3) is 0 Å². The standard InChI is InChI=1S/C12H16OS/c1-9(8-10(2)13)11-4-6-12(14-3)7-5-11/h4-8,10,13H,1-3H3/b9-8+. The van der Waals surface area contributed by atoms with Crippen molar-refractivity contribution < 1.29 is 5.11 Å². The molecule has 14 heavy (non-hydrogen) atoms. The first-order valence-corrected chi connectivity index (χ1v) is 5.87. The van der Waals surface area contributed by atoms with Crippen LogP contribution in [0.3, 0.4) is 0 Å². The third-order valence-corrected chi connectivity index (χ3v) is 2.78. The molecule has 1 rings (SSSR count). The molecule has 0 aliphatic heterocycles. The van der Waals surface area contributed by atoms with Crippen molar-refractivity contribution in [2.24, 2.45) is 0 Å². The van der Waals surface area contributed by atoms with Gasteiger partial charge in [0.2, 0.25) is 0 Å². The van der Waals surface area contributed by atoms with Crippen LogP contribution in [-0.4, -0.2) is 17.5 Å². The van der Waals surface area contributed by atoms with Crippen LogP contribution in [0.5, 0.6) is 0 Å². The molecule has 1 aromatic rings. The van der Waals surface area contributed by atoms with Gasteiger partial charge in [0.05, 0.1) is 6.10 Å². The number of allylic oxidation sites excluding steroid dienone is 1. The Hall–Kier alpha value is -0.730. The van der Waals surface area contributed by atoms with E-state index in [9.17, 15) is 5.11 Å². The van der Waals surface area contributed by atoms with E-state index in [1.54, 1.807) is 18.7 Å². The molecule has 0 heterocycles. The normalized spacial score (nSPS) is 14.1. The molecule has 0 saturated carbocycles. The highest BCUT2D eigenvalue weighted by Crippen LogP contribution is 2.19. The molecule has 0 amide bonds. The zero-order valence-electron chi connectivity index (χ0n) is 8.82. The van der Waals surface area contributed by atoms with Gasteiger partial charge in [-0.25, -0.2) is 0 Å². The summed E-state index contributed by atoms with van der Waals surface area (Å²) in [6.07, 6.45) is 3.54. The lowest BCUT2D eigenvalue weighted by Gasteiger charge is -2.04. The van der Waals surface area contributed by atoms with Crippen molar-refractivity contribution in [3.05, 3.63) is 35.9 Å². The van der Waals surface area contributed by atoms with Gasteiger partial charge in [0.15, 0.2) is 0 Å². The van der Waals surface area contributed by atoms with E-state index >= 15 is 0 Å². The molecule has 2 heteroatoms. The molecule has 0 radical (unpaired) electrons. The maximum Gasteiger partial charge on any atom is 0.0698 e. The van der Waals surface area contributed by atoms with Gasteiger partial charge < -0.3 is 5.11 Å². The predicted octanol–water partition coefficient (Wildman–Crippen LogP) is 3.19. The Bertz CT molecular complexity index is 312. The second-order valence-electron chi connectivity index (χ2n) is 3.32. The van der Waals surface area contributed by atoms with Crippen molar-refractivity contribution in [1.82, 2.24) is 0 Å². The van der Waals surface area contributed by atoms with Crippen LogP contribution in [0.1, 0.15) is 19.4 Å². The molecule has 0 saturated heterocycles. The SMILES string of the molecule is CSc1ccc(/C(C)=C/C(C)O)cc1. The second-order valence-corrected chi connectivity index (χ2v) is 4.20. The highest BCUT2D eigenvalue weighted by molar-refractivity contribution is 7.98. The minimum atomic E-state index is -0.379. The summed E-state index contributed by atoms with van der Waals surface area (Å²) in [6.45, 7) is 3.78. The fourth-order valence-corrected chi connectivity index (χ4v) is 1.72. The van der Waals surface area contributed by atoms with Gasteiger partial charge in [0.1, 0.15) is 0 Å². The molecule has 76 valence electrons. The molecule has 0 aromatic heterocycles. The van der Waals surface area contributed by atoms with Crippen LogP contribution in [0.2, 0.25) is 0 Å². The Morgan fingerprint density at radius 2 is 1.93 bits per heavy atom. The number of hydrogen-bond donors (Lipinski definition) is 1. The van der Waals surface area contributed by atoms with Crippen LogP contribution in [0.4, 0.5) is 0 Å². The van der Waals surface area contributed by atoms with Crippen molar-refractivity contribution in [2.45, 2.75) is 24.8 Å². The molecular weight excluding hydrogens is 192 g/mol. The van der Waals surface area contributed by atoms with Crippen molar-refractivity contribution >= 4 is 17.3 Å². The first-order valence-electron chi connectivity index (χ1n) is 4.64. The Balaban J connectivity index is 2.86. The van der Waals surface area contributed by atoms with Gasteiger partial charge in [-0.2, -0.15) is 0 Å². The van der Waals surface area contributed by atoms with Crippen molar-refractivity contribution in [2.75, 3.05) is 6.26 Å². The number of thioether (sulfide) groups is 1. The van der Waals surface area contributed by atoms with Crippen LogP contribution < -0.4 is 0 Å². The van der Waals surface area contributed by atoms with Gasteiger partial charge in [-0.3, -0.25) is 0 Å². The Morgan fingerprint density at radius 1 is 1.36 bits per heavy atom. The molecule has 0 bridgehead atoms. The van der Waals surface area contributed by atoms with Crippen molar-refractivity contribution in [3.8, 4) is 0 Å². The summed E-state index contributed by atoms with van der Waals surface area (Å²) in [5.41, 5.74) is 2.29. The summed E-state index contributed by atoms with van der Waals surface area (Å²) in [4.78, 5) is 1.26. The largest absolute Gasteiger partial charge is 0.389 e. The Kier molecular flexibility index (Phi) is 4.23. The predicted molar refractivity (Wildman–Crippen MR) is 63.6 cm³/mol. The van der Waals surface area contributed by atoms with Crippen LogP contribution in [0.25, 0.3) is 5.57 Å². The third-order valence-electron chi connectivity index (χ3n) is 2.04. The summed E-state index contributed by atoms with van der Waals surface area (Å²) in [5, 5.41) is 9.20. The summed E-state index contributed by atoms with van der Waals surface area (Å²) in [5.74, 6) is 0. The van der Waals surface area contributed by atoms with Gasteiger partial charge in [0, 0.05) is 4.90 Å². The molecule has 0 aliphatic carbocycles. The summed E-state index contributed by atoms with van der Waals surface area (Å²) in [7, 11) is 0. The zero-order chi connectivity index (χ0) is 10.6. The molecule has 0 spiro atoms. The number of rotatable bonds is 3. The van der Waals surface area contributed by atoms with Crippen molar-refractivity contribution in [1.29, 1.82) is 0 Å². The monoisotopic (exact) mass is 208 g/mol. The zero-order valence-corrected chi connectivity index (χ0v) is 9.64. The molecule has 1 aromatic carbocycles. The van der Waals surface area contributed by atoms with E-state index < -0.39 is 0 Å². The van der Waals surface area contributed by atoms with E-state index in [4.69, 9.17) is 0 Å².